The van der Waals surface area contributed by atoms with Crippen LogP contribution >= 0.6 is 27.3 Å². The van der Waals surface area contributed by atoms with E-state index in [1.54, 1.807) is 11.3 Å². The third-order valence-corrected chi connectivity index (χ3v) is 4.63. The number of aromatic nitrogens is 1. The van der Waals surface area contributed by atoms with E-state index in [0.717, 1.165) is 23.4 Å². The Balaban J connectivity index is 2.10. The molecule has 1 N–H and O–H groups in total. The van der Waals surface area contributed by atoms with Crippen LogP contribution in [0, 0.1) is 0 Å². The highest BCUT2D eigenvalue weighted by Crippen LogP contribution is 2.24. The summed E-state index contributed by atoms with van der Waals surface area (Å²) in [4.78, 5) is 8.07. The monoisotopic (exact) mass is 353 g/mol. The Hall–Kier alpha value is -0.910. The van der Waals surface area contributed by atoms with Gasteiger partial charge in [-0.3, -0.25) is 0 Å². The molecule has 0 amide bonds. The van der Waals surface area contributed by atoms with Crippen molar-refractivity contribution in [2.24, 2.45) is 0 Å². The van der Waals surface area contributed by atoms with Gasteiger partial charge in [0, 0.05) is 46.1 Å². The average Bonchev–Trinajstić information content (AvgIpc) is 2.82. The minimum Gasteiger partial charge on any atom is -0.354 e. The molecular formula is C15H20BrN3S. The second-order valence-electron chi connectivity index (χ2n) is 5.11. The fourth-order valence-electron chi connectivity index (χ4n) is 1.97. The highest BCUT2D eigenvalue weighted by Gasteiger charge is 2.10. The van der Waals surface area contributed by atoms with Crippen molar-refractivity contribution in [3.8, 4) is 0 Å². The molecule has 2 heterocycles. The van der Waals surface area contributed by atoms with E-state index in [9.17, 15) is 0 Å². The number of nitrogens with one attached hydrogen (secondary N) is 1. The largest absolute Gasteiger partial charge is 0.354 e. The van der Waals surface area contributed by atoms with Gasteiger partial charge in [0.15, 0.2) is 0 Å². The number of nitrogens with zero attached hydrogens (tertiary/aromatic N) is 2. The molecule has 20 heavy (non-hydrogen) atoms. The SMILES string of the molecule is CC(C)NCc1cccnc1N(C)Cc1cc(Br)cs1. The third-order valence-electron chi connectivity index (χ3n) is 2.94. The van der Waals surface area contributed by atoms with Gasteiger partial charge in [-0.1, -0.05) is 19.9 Å². The smallest absolute Gasteiger partial charge is 0.133 e. The number of thiophene rings is 1. The number of anilines is 1. The molecule has 0 spiro atoms. The average molecular weight is 354 g/mol. The minimum absolute atomic E-state index is 0.474. The summed E-state index contributed by atoms with van der Waals surface area (Å²) in [5, 5.41) is 5.57. The second kappa shape index (κ2) is 7.20. The molecular weight excluding hydrogens is 334 g/mol. The van der Waals surface area contributed by atoms with Crippen molar-refractivity contribution in [1.29, 1.82) is 0 Å². The fraction of sp³-hybridized carbons (Fsp3) is 0.400. The highest BCUT2D eigenvalue weighted by atomic mass is 79.9. The zero-order chi connectivity index (χ0) is 14.5. The molecule has 0 aromatic carbocycles. The molecule has 0 saturated heterocycles. The Morgan fingerprint density at radius 2 is 2.25 bits per heavy atom. The number of rotatable bonds is 6. The summed E-state index contributed by atoms with van der Waals surface area (Å²) in [6, 6.07) is 6.77. The predicted octanol–water partition coefficient (Wildman–Crippen LogP) is 4.04. The van der Waals surface area contributed by atoms with Crippen LogP contribution in [0.15, 0.2) is 34.2 Å². The molecule has 2 rings (SSSR count). The lowest BCUT2D eigenvalue weighted by molar-refractivity contribution is 0.587. The first kappa shape index (κ1) is 15.5. The van der Waals surface area contributed by atoms with Gasteiger partial charge in [0.2, 0.25) is 0 Å². The second-order valence-corrected chi connectivity index (χ2v) is 7.02. The van der Waals surface area contributed by atoms with Crippen LogP contribution < -0.4 is 10.2 Å². The molecule has 0 aliphatic rings. The molecule has 0 fully saturated rings. The molecule has 2 aromatic heterocycles. The van der Waals surface area contributed by atoms with Crippen molar-refractivity contribution >= 4 is 33.1 Å². The number of hydrogen-bond donors (Lipinski definition) is 1. The molecule has 3 nitrogen and oxygen atoms in total. The summed E-state index contributed by atoms with van der Waals surface area (Å²) >= 11 is 5.26. The molecule has 0 saturated carbocycles. The summed E-state index contributed by atoms with van der Waals surface area (Å²) in [6.45, 7) is 6.03. The van der Waals surface area contributed by atoms with Gasteiger partial charge in [0.1, 0.15) is 5.82 Å². The summed E-state index contributed by atoms with van der Waals surface area (Å²) < 4.78 is 1.15. The summed E-state index contributed by atoms with van der Waals surface area (Å²) in [5.74, 6) is 1.05. The van der Waals surface area contributed by atoms with Crippen molar-refractivity contribution in [3.05, 3.63) is 44.7 Å². The predicted molar refractivity (Wildman–Crippen MR) is 90.3 cm³/mol. The van der Waals surface area contributed by atoms with Crippen molar-refractivity contribution < 1.29 is 0 Å². The van der Waals surface area contributed by atoms with Crippen LogP contribution in [0.4, 0.5) is 5.82 Å². The standard InChI is InChI=1S/C15H20BrN3S/c1-11(2)18-8-12-5-4-6-17-15(12)19(3)9-14-7-13(16)10-20-14/h4-7,10-11,18H,8-9H2,1-3H3. The molecule has 0 aliphatic carbocycles. The van der Waals surface area contributed by atoms with Gasteiger partial charge < -0.3 is 10.2 Å². The lowest BCUT2D eigenvalue weighted by Crippen LogP contribution is -2.25. The van der Waals surface area contributed by atoms with Crippen LogP contribution in [0.1, 0.15) is 24.3 Å². The lowest BCUT2D eigenvalue weighted by atomic mass is 10.2. The number of hydrogen-bond acceptors (Lipinski definition) is 4. The summed E-state index contributed by atoms with van der Waals surface area (Å²) in [5.41, 5.74) is 1.24. The van der Waals surface area contributed by atoms with Gasteiger partial charge >= 0.3 is 0 Å². The first-order valence-corrected chi connectivity index (χ1v) is 8.35. The van der Waals surface area contributed by atoms with E-state index in [2.05, 4.69) is 69.5 Å². The summed E-state index contributed by atoms with van der Waals surface area (Å²) in [7, 11) is 2.09. The van der Waals surface area contributed by atoms with Crippen molar-refractivity contribution in [2.75, 3.05) is 11.9 Å². The van der Waals surface area contributed by atoms with Gasteiger partial charge in [0.05, 0.1) is 6.54 Å². The van der Waals surface area contributed by atoms with Crippen molar-refractivity contribution in [2.45, 2.75) is 33.0 Å². The first-order chi connectivity index (χ1) is 9.56. The quantitative estimate of drug-likeness (QED) is 0.849. The van der Waals surface area contributed by atoms with Crippen LogP contribution in [-0.2, 0) is 13.1 Å². The van der Waals surface area contributed by atoms with Crippen LogP contribution in [0.5, 0.6) is 0 Å². The molecule has 0 atom stereocenters. The van der Waals surface area contributed by atoms with Gasteiger partial charge in [-0.2, -0.15) is 0 Å². The Labute approximate surface area is 133 Å². The normalized spacial score (nSPS) is 11.1. The van der Waals surface area contributed by atoms with E-state index in [1.165, 1.54) is 10.4 Å². The Kier molecular flexibility index (Phi) is 5.57. The van der Waals surface area contributed by atoms with E-state index in [4.69, 9.17) is 0 Å². The Morgan fingerprint density at radius 1 is 1.45 bits per heavy atom. The van der Waals surface area contributed by atoms with E-state index >= 15 is 0 Å². The molecule has 0 unspecified atom stereocenters. The minimum atomic E-state index is 0.474. The number of pyridine rings is 1. The molecule has 5 heteroatoms. The van der Waals surface area contributed by atoms with E-state index < -0.39 is 0 Å². The molecule has 108 valence electrons. The lowest BCUT2D eigenvalue weighted by Gasteiger charge is -2.21. The van der Waals surface area contributed by atoms with E-state index in [1.807, 2.05) is 12.3 Å². The molecule has 0 radical (unpaired) electrons. The molecule has 0 bridgehead atoms. The molecule has 2 aromatic rings. The van der Waals surface area contributed by atoms with Crippen molar-refractivity contribution in [3.63, 3.8) is 0 Å². The zero-order valence-corrected chi connectivity index (χ0v) is 14.5. The maximum Gasteiger partial charge on any atom is 0.133 e. The zero-order valence-electron chi connectivity index (χ0n) is 12.1. The molecule has 0 aliphatic heterocycles. The van der Waals surface area contributed by atoms with E-state index in [0.29, 0.717) is 6.04 Å². The van der Waals surface area contributed by atoms with Gasteiger partial charge in [0.25, 0.3) is 0 Å². The van der Waals surface area contributed by atoms with Crippen LogP contribution in [0.2, 0.25) is 0 Å². The van der Waals surface area contributed by atoms with Crippen LogP contribution in [0.25, 0.3) is 0 Å². The highest BCUT2D eigenvalue weighted by molar-refractivity contribution is 9.10. The van der Waals surface area contributed by atoms with E-state index in [-0.39, 0.29) is 0 Å². The Bertz CT molecular complexity index is 554. The third kappa shape index (κ3) is 4.30. The van der Waals surface area contributed by atoms with Crippen LogP contribution in [0.3, 0.4) is 0 Å². The van der Waals surface area contributed by atoms with Gasteiger partial charge in [-0.15, -0.1) is 11.3 Å². The number of halogens is 1. The van der Waals surface area contributed by atoms with Crippen molar-refractivity contribution in [1.82, 2.24) is 10.3 Å². The Morgan fingerprint density at radius 3 is 2.90 bits per heavy atom. The fourth-order valence-corrected chi connectivity index (χ4v) is 3.47. The maximum atomic E-state index is 4.54. The van der Waals surface area contributed by atoms with Gasteiger partial charge in [-0.05, 0) is 28.1 Å². The summed E-state index contributed by atoms with van der Waals surface area (Å²) in [6.07, 6.45) is 1.86. The first-order valence-electron chi connectivity index (χ1n) is 6.67. The topological polar surface area (TPSA) is 28.2 Å². The van der Waals surface area contributed by atoms with Gasteiger partial charge in [-0.25, -0.2) is 4.98 Å². The maximum absolute atomic E-state index is 4.54. The van der Waals surface area contributed by atoms with Crippen LogP contribution in [-0.4, -0.2) is 18.1 Å².